The van der Waals surface area contributed by atoms with Crippen molar-refractivity contribution in [2.75, 3.05) is 13.1 Å². The summed E-state index contributed by atoms with van der Waals surface area (Å²) in [4.78, 5) is 11.5. The van der Waals surface area contributed by atoms with E-state index < -0.39 is 15.7 Å². The molecule has 1 amide bonds. The molecule has 3 rings (SSSR count). The molecule has 1 aliphatic carbocycles. The summed E-state index contributed by atoms with van der Waals surface area (Å²) >= 11 is 0. The largest absolute Gasteiger partial charge is 0.354 e. The molecule has 3 N–H and O–H groups in total. The molecular formula is C19H21FN2O3S. The molecule has 0 unspecified atom stereocenters. The molecule has 0 aromatic heterocycles. The molecule has 26 heavy (non-hydrogen) atoms. The van der Waals surface area contributed by atoms with E-state index in [2.05, 4.69) is 5.32 Å². The second-order valence-corrected chi connectivity index (χ2v) is 8.37. The van der Waals surface area contributed by atoms with E-state index in [1.807, 2.05) is 0 Å². The quantitative estimate of drug-likeness (QED) is 0.837. The predicted octanol–water partition coefficient (Wildman–Crippen LogP) is 2.15. The Hall–Kier alpha value is -2.25. The number of hydrogen-bond donors (Lipinski definition) is 2. The van der Waals surface area contributed by atoms with Gasteiger partial charge in [-0.25, -0.2) is 12.8 Å². The van der Waals surface area contributed by atoms with Gasteiger partial charge in [0.05, 0.1) is 16.3 Å². The van der Waals surface area contributed by atoms with E-state index in [0.29, 0.717) is 6.54 Å². The fourth-order valence-corrected chi connectivity index (χ4v) is 4.69. The molecule has 1 atom stereocenters. The zero-order valence-electron chi connectivity index (χ0n) is 14.2. The molecule has 0 aliphatic heterocycles. The average molecular weight is 376 g/mol. The Labute approximate surface area is 152 Å². The number of halogens is 1. The number of fused-ring (bicyclic) bond motifs is 1. The number of sulfone groups is 1. The minimum atomic E-state index is -3.77. The summed E-state index contributed by atoms with van der Waals surface area (Å²) in [5.41, 5.74) is 7.32. The minimum absolute atomic E-state index is 0.0512. The Kier molecular flexibility index (Phi) is 5.38. The molecule has 138 valence electrons. The second-order valence-electron chi connectivity index (χ2n) is 6.42. The van der Waals surface area contributed by atoms with Crippen LogP contribution in [0.2, 0.25) is 0 Å². The van der Waals surface area contributed by atoms with Gasteiger partial charge >= 0.3 is 0 Å². The number of aryl methyl sites for hydroxylation is 1. The van der Waals surface area contributed by atoms with Gasteiger partial charge in [-0.05, 0) is 60.7 Å². The Morgan fingerprint density at radius 1 is 1.19 bits per heavy atom. The van der Waals surface area contributed by atoms with Crippen molar-refractivity contribution in [1.29, 1.82) is 0 Å². The Morgan fingerprint density at radius 2 is 1.96 bits per heavy atom. The van der Waals surface area contributed by atoms with Gasteiger partial charge < -0.3 is 11.1 Å². The lowest BCUT2D eigenvalue weighted by atomic mass is 9.83. The number of benzene rings is 2. The van der Waals surface area contributed by atoms with Gasteiger partial charge in [-0.2, -0.15) is 0 Å². The summed E-state index contributed by atoms with van der Waals surface area (Å²) < 4.78 is 38.9. The number of nitrogens with two attached hydrogens (primary N) is 1. The lowest BCUT2D eigenvalue weighted by Crippen LogP contribution is -2.34. The highest BCUT2D eigenvalue weighted by atomic mass is 32.2. The Morgan fingerprint density at radius 3 is 2.69 bits per heavy atom. The van der Waals surface area contributed by atoms with Crippen molar-refractivity contribution < 1.29 is 17.6 Å². The fourth-order valence-electron chi connectivity index (χ4n) is 3.35. The van der Waals surface area contributed by atoms with Gasteiger partial charge in [0.25, 0.3) is 0 Å². The van der Waals surface area contributed by atoms with Gasteiger partial charge in [-0.15, -0.1) is 0 Å². The van der Waals surface area contributed by atoms with Crippen LogP contribution >= 0.6 is 0 Å². The van der Waals surface area contributed by atoms with Crippen molar-refractivity contribution in [2.45, 2.75) is 35.0 Å². The third-order valence-electron chi connectivity index (χ3n) is 4.70. The summed E-state index contributed by atoms with van der Waals surface area (Å²) in [6, 6.07) is 10.1. The van der Waals surface area contributed by atoms with Crippen LogP contribution in [0.15, 0.2) is 52.3 Å². The predicted molar refractivity (Wildman–Crippen MR) is 96.0 cm³/mol. The first-order chi connectivity index (χ1) is 12.4. The maximum absolute atomic E-state index is 13.4. The van der Waals surface area contributed by atoms with Crippen molar-refractivity contribution in [3.05, 3.63) is 59.4 Å². The normalized spacial score (nSPS) is 16.8. The summed E-state index contributed by atoms with van der Waals surface area (Å²) in [5.74, 6) is -0.651. The van der Waals surface area contributed by atoms with Crippen LogP contribution in [-0.4, -0.2) is 27.4 Å². The van der Waals surface area contributed by atoms with Crippen LogP contribution in [0.25, 0.3) is 0 Å². The molecule has 0 saturated carbocycles. The molecule has 0 saturated heterocycles. The van der Waals surface area contributed by atoms with Crippen LogP contribution in [0.1, 0.15) is 29.9 Å². The van der Waals surface area contributed by atoms with E-state index in [0.717, 1.165) is 36.5 Å². The van der Waals surface area contributed by atoms with E-state index in [1.54, 1.807) is 18.2 Å². The van der Waals surface area contributed by atoms with E-state index in [4.69, 9.17) is 5.73 Å². The smallest absolute Gasteiger partial charge is 0.233 e. The van der Waals surface area contributed by atoms with E-state index in [9.17, 15) is 17.6 Å². The van der Waals surface area contributed by atoms with E-state index >= 15 is 0 Å². The molecule has 5 nitrogen and oxygen atoms in total. The maximum atomic E-state index is 13.4. The monoisotopic (exact) mass is 376 g/mol. The van der Waals surface area contributed by atoms with Crippen molar-refractivity contribution in [3.63, 3.8) is 0 Å². The molecular weight excluding hydrogens is 355 g/mol. The van der Waals surface area contributed by atoms with Crippen LogP contribution in [-0.2, 0) is 21.1 Å². The lowest BCUT2D eigenvalue weighted by Gasteiger charge is -2.26. The topological polar surface area (TPSA) is 89.3 Å². The number of amides is 1. The van der Waals surface area contributed by atoms with E-state index in [1.165, 1.54) is 18.2 Å². The highest BCUT2D eigenvalue weighted by Crippen LogP contribution is 2.34. The Bertz CT molecular complexity index is 928. The van der Waals surface area contributed by atoms with Gasteiger partial charge in [0.15, 0.2) is 0 Å². The van der Waals surface area contributed by atoms with Crippen LogP contribution in [0.5, 0.6) is 0 Å². The fraction of sp³-hybridized carbons (Fsp3) is 0.316. The lowest BCUT2D eigenvalue weighted by molar-refractivity contribution is -0.119. The number of rotatable bonds is 5. The first-order valence-electron chi connectivity index (χ1n) is 8.52. The standard InChI is InChI=1S/C19H21FN2O3S/c20-15-5-2-6-16(10-15)26(24,25)17-7-8-18-13(9-17)3-1-4-14(18)12-22-19(23)11-21/h2,5-10,14H,1,3-4,11-12,21H2,(H,22,23)/t14-/m0/s1. The van der Waals surface area contributed by atoms with Gasteiger partial charge in [0, 0.05) is 12.5 Å². The molecule has 0 bridgehead atoms. The minimum Gasteiger partial charge on any atom is -0.354 e. The first kappa shape index (κ1) is 18.5. The van der Waals surface area contributed by atoms with Crippen LogP contribution in [0, 0.1) is 5.82 Å². The summed E-state index contributed by atoms with van der Waals surface area (Å²) in [6.45, 7) is 0.434. The second kappa shape index (κ2) is 7.55. The van der Waals surface area contributed by atoms with Gasteiger partial charge in [0.1, 0.15) is 5.82 Å². The highest BCUT2D eigenvalue weighted by Gasteiger charge is 2.24. The van der Waals surface area contributed by atoms with Gasteiger partial charge in [-0.3, -0.25) is 4.79 Å². The molecule has 7 heteroatoms. The first-order valence-corrected chi connectivity index (χ1v) is 10.0. The number of hydrogen-bond acceptors (Lipinski definition) is 4. The van der Waals surface area contributed by atoms with Crippen molar-refractivity contribution in [2.24, 2.45) is 5.73 Å². The maximum Gasteiger partial charge on any atom is 0.233 e. The summed E-state index contributed by atoms with van der Waals surface area (Å²) in [5, 5.41) is 2.80. The SMILES string of the molecule is NCC(=O)NC[C@@H]1CCCc2cc(S(=O)(=O)c3cccc(F)c3)ccc21. The zero-order valence-corrected chi connectivity index (χ0v) is 15.1. The third-order valence-corrected chi connectivity index (χ3v) is 6.45. The Balaban J connectivity index is 1.90. The molecule has 2 aromatic rings. The van der Waals surface area contributed by atoms with Crippen LogP contribution < -0.4 is 11.1 Å². The van der Waals surface area contributed by atoms with Crippen molar-refractivity contribution in [1.82, 2.24) is 5.32 Å². The number of nitrogens with one attached hydrogen (secondary N) is 1. The number of carbonyl (C=O) groups excluding carboxylic acids is 1. The summed E-state index contributed by atoms with van der Waals surface area (Å²) in [6.07, 6.45) is 2.62. The van der Waals surface area contributed by atoms with Crippen molar-refractivity contribution in [3.8, 4) is 0 Å². The average Bonchev–Trinajstić information content (AvgIpc) is 2.65. The molecule has 0 fully saturated rings. The van der Waals surface area contributed by atoms with E-state index in [-0.39, 0.29) is 28.2 Å². The molecule has 0 spiro atoms. The van der Waals surface area contributed by atoms with Crippen LogP contribution in [0.3, 0.4) is 0 Å². The molecule has 0 radical (unpaired) electrons. The third kappa shape index (κ3) is 3.78. The van der Waals surface area contributed by atoms with Crippen LogP contribution in [0.4, 0.5) is 4.39 Å². The zero-order chi connectivity index (χ0) is 18.7. The molecule has 2 aromatic carbocycles. The van der Waals surface area contributed by atoms with Gasteiger partial charge in [-0.1, -0.05) is 12.1 Å². The highest BCUT2D eigenvalue weighted by molar-refractivity contribution is 7.91. The molecule has 0 heterocycles. The number of carbonyl (C=O) groups is 1. The van der Waals surface area contributed by atoms with Crippen molar-refractivity contribution >= 4 is 15.7 Å². The van der Waals surface area contributed by atoms with Gasteiger partial charge in [0.2, 0.25) is 15.7 Å². The molecule has 1 aliphatic rings. The summed E-state index contributed by atoms with van der Waals surface area (Å²) in [7, 11) is -3.77.